The van der Waals surface area contributed by atoms with E-state index >= 15 is 0 Å². The Kier molecular flexibility index (Phi) is 3.74. The Morgan fingerprint density at radius 1 is 1.44 bits per heavy atom. The summed E-state index contributed by atoms with van der Waals surface area (Å²) in [6, 6.07) is 2.50. The predicted octanol–water partition coefficient (Wildman–Crippen LogP) is 3.67. The molecule has 0 aliphatic rings. The van der Waals surface area contributed by atoms with Crippen LogP contribution in [-0.4, -0.2) is 4.98 Å². The first kappa shape index (κ1) is 11.8. The molecule has 0 radical (unpaired) electrons. The summed E-state index contributed by atoms with van der Waals surface area (Å²) in [5.74, 6) is 0. The summed E-state index contributed by atoms with van der Waals surface area (Å²) < 4.78 is 0. The van der Waals surface area contributed by atoms with Gasteiger partial charge in [0, 0.05) is 22.5 Å². The van der Waals surface area contributed by atoms with Gasteiger partial charge in [0.25, 0.3) is 0 Å². The first-order valence-corrected chi connectivity index (χ1v) is 7.05. The van der Waals surface area contributed by atoms with Gasteiger partial charge in [-0.1, -0.05) is 0 Å². The molecule has 16 heavy (non-hydrogen) atoms. The molecule has 1 unspecified atom stereocenters. The number of hydrogen-bond acceptors (Lipinski definition) is 4. The third kappa shape index (κ3) is 2.70. The highest BCUT2D eigenvalue weighted by atomic mass is 32.1. The predicted molar refractivity (Wildman–Crippen MR) is 71.2 cm³/mol. The zero-order valence-corrected chi connectivity index (χ0v) is 11.4. The van der Waals surface area contributed by atoms with Crippen LogP contribution in [0.15, 0.2) is 17.6 Å². The number of thiazole rings is 1. The monoisotopic (exact) mass is 252 g/mol. The van der Waals surface area contributed by atoms with Gasteiger partial charge >= 0.3 is 0 Å². The van der Waals surface area contributed by atoms with Crippen molar-refractivity contribution in [2.75, 3.05) is 0 Å². The number of aryl methyl sites for hydroxylation is 2. The van der Waals surface area contributed by atoms with Crippen molar-refractivity contribution in [1.29, 1.82) is 0 Å². The molecule has 0 bridgehead atoms. The lowest BCUT2D eigenvalue weighted by molar-refractivity contribution is 0.575. The first-order valence-electron chi connectivity index (χ1n) is 5.35. The van der Waals surface area contributed by atoms with Crippen molar-refractivity contribution < 1.29 is 0 Å². The summed E-state index contributed by atoms with van der Waals surface area (Å²) in [6.45, 7) is 7.35. The van der Waals surface area contributed by atoms with Gasteiger partial charge in [-0.25, -0.2) is 4.98 Å². The molecule has 0 aliphatic heterocycles. The lowest BCUT2D eigenvalue weighted by atomic mass is 10.3. The van der Waals surface area contributed by atoms with Crippen LogP contribution < -0.4 is 5.32 Å². The Morgan fingerprint density at radius 3 is 2.81 bits per heavy atom. The molecule has 2 aromatic heterocycles. The second-order valence-corrected chi connectivity index (χ2v) is 6.21. The van der Waals surface area contributed by atoms with E-state index in [4.69, 9.17) is 0 Å². The summed E-state index contributed by atoms with van der Waals surface area (Å²) >= 11 is 3.58. The average Bonchev–Trinajstić information content (AvgIpc) is 2.84. The molecule has 4 heteroatoms. The molecular weight excluding hydrogens is 236 g/mol. The Morgan fingerprint density at radius 2 is 2.25 bits per heavy atom. The maximum absolute atomic E-state index is 4.40. The highest BCUT2D eigenvalue weighted by Crippen LogP contribution is 2.21. The van der Waals surface area contributed by atoms with Gasteiger partial charge in [0.15, 0.2) is 0 Å². The Hall–Kier alpha value is -0.710. The number of rotatable bonds is 4. The molecule has 0 amide bonds. The Labute approximate surface area is 104 Å². The van der Waals surface area contributed by atoms with Crippen LogP contribution in [0.2, 0.25) is 0 Å². The molecule has 0 aromatic carbocycles. The lowest BCUT2D eigenvalue weighted by Gasteiger charge is -2.10. The van der Waals surface area contributed by atoms with E-state index in [-0.39, 0.29) is 0 Å². The molecule has 2 heterocycles. The minimum atomic E-state index is 0.334. The topological polar surface area (TPSA) is 24.9 Å². The molecule has 1 N–H and O–H groups in total. The molecule has 2 aromatic rings. The number of aromatic nitrogens is 1. The summed E-state index contributed by atoms with van der Waals surface area (Å²) in [7, 11) is 0. The fraction of sp³-hybridized carbons (Fsp3) is 0.417. The van der Waals surface area contributed by atoms with E-state index in [0.29, 0.717) is 6.04 Å². The van der Waals surface area contributed by atoms with Crippen LogP contribution in [0, 0.1) is 13.8 Å². The van der Waals surface area contributed by atoms with Crippen LogP contribution in [0.25, 0.3) is 0 Å². The number of nitrogens with one attached hydrogen (secondary N) is 1. The molecule has 0 aliphatic carbocycles. The third-order valence-electron chi connectivity index (χ3n) is 2.55. The summed E-state index contributed by atoms with van der Waals surface area (Å²) in [5.41, 5.74) is 1.38. The zero-order valence-electron chi connectivity index (χ0n) is 9.78. The zero-order chi connectivity index (χ0) is 11.5. The van der Waals surface area contributed by atoms with Crippen LogP contribution in [-0.2, 0) is 6.54 Å². The maximum atomic E-state index is 4.40. The highest BCUT2D eigenvalue weighted by Gasteiger charge is 2.09. The van der Waals surface area contributed by atoms with E-state index in [9.17, 15) is 0 Å². The minimum Gasteiger partial charge on any atom is -0.303 e. The van der Waals surface area contributed by atoms with E-state index in [1.807, 2.05) is 17.5 Å². The van der Waals surface area contributed by atoms with Crippen LogP contribution in [0.1, 0.15) is 33.3 Å². The van der Waals surface area contributed by atoms with Gasteiger partial charge < -0.3 is 5.32 Å². The summed E-state index contributed by atoms with van der Waals surface area (Å²) in [4.78, 5) is 7.09. The van der Waals surface area contributed by atoms with Gasteiger partial charge in [-0.2, -0.15) is 0 Å². The number of hydrogen-bond donors (Lipinski definition) is 1. The van der Waals surface area contributed by atoms with Gasteiger partial charge in [0.2, 0.25) is 0 Å². The minimum absolute atomic E-state index is 0.334. The van der Waals surface area contributed by atoms with Crippen molar-refractivity contribution in [3.8, 4) is 0 Å². The summed E-state index contributed by atoms with van der Waals surface area (Å²) in [6.07, 6.45) is 1.94. The largest absolute Gasteiger partial charge is 0.303 e. The Bertz CT molecular complexity index is 459. The maximum Gasteiger partial charge on any atom is 0.109 e. The van der Waals surface area contributed by atoms with Crippen molar-refractivity contribution in [3.05, 3.63) is 38.0 Å². The molecule has 2 rings (SSSR count). The van der Waals surface area contributed by atoms with Crippen molar-refractivity contribution in [2.24, 2.45) is 0 Å². The van der Waals surface area contributed by atoms with Crippen molar-refractivity contribution in [2.45, 2.75) is 33.4 Å². The van der Waals surface area contributed by atoms with E-state index < -0.39 is 0 Å². The molecule has 1 atom stereocenters. The molecule has 0 saturated carbocycles. The fourth-order valence-electron chi connectivity index (χ4n) is 1.49. The number of nitrogens with zero attached hydrogens (tertiary/aromatic N) is 1. The molecule has 0 saturated heterocycles. The van der Waals surface area contributed by atoms with E-state index in [1.54, 1.807) is 11.3 Å². The van der Waals surface area contributed by atoms with E-state index in [1.165, 1.54) is 20.3 Å². The highest BCUT2D eigenvalue weighted by molar-refractivity contribution is 7.11. The van der Waals surface area contributed by atoms with Gasteiger partial charge in [-0.15, -0.1) is 22.7 Å². The average molecular weight is 252 g/mol. The lowest BCUT2D eigenvalue weighted by Crippen LogP contribution is -2.17. The molecule has 0 fully saturated rings. The van der Waals surface area contributed by atoms with Crippen molar-refractivity contribution in [1.82, 2.24) is 10.3 Å². The van der Waals surface area contributed by atoms with Crippen LogP contribution in [0.4, 0.5) is 0 Å². The smallest absolute Gasteiger partial charge is 0.109 e. The normalized spacial score (nSPS) is 12.9. The Balaban J connectivity index is 1.93. The number of thiophene rings is 1. The van der Waals surface area contributed by atoms with E-state index in [0.717, 1.165) is 6.54 Å². The SMILES string of the molecule is Cc1cnc(C(C)NCc2sccc2C)s1. The fourth-order valence-corrected chi connectivity index (χ4v) is 3.15. The molecular formula is C12H16N2S2. The van der Waals surface area contributed by atoms with Gasteiger partial charge in [0.1, 0.15) is 5.01 Å². The van der Waals surface area contributed by atoms with Gasteiger partial charge in [-0.3, -0.25) is 0 Å². The van der Waals surface area contributed by atoms with Crippen LogP contribution >= 0.6 is 22.7 Å². The standard InChI is InChI=1S/C12H16N2S2/c1-8-4-5-15-11(8)7-13-10(3)12-14-6-9(2)16-12/h4-6,10,13H,7H2,1-3H3. The van der Waals surface area contributed by atoms with Crippen molar-refractivity contribution in [3.63, 3.8) is 0 Å². The third-order valence-corrected chi connectivity index (χ3v) is 4.67. The first-order chi connectivity index (χ1) is 7.66. The second kappa shape index (κ2) is 5.08. The van der Waals surface area contributed by atoms with Gasteiger partial charge in [-0.05, 0) is 37.8 Å². The van der Waals surface area contributed by atoms with Crippen LogP contribution in [0.5, 0.6) is 0 Å². The van der Waals surface area contributed by atoms with Gasteiger partial charge in [0.05, 0.1) is 6.04 Å². The molecule has 2 nitrogen and oxygen atoms in total. The summed E-state index contributed by atoms with van der Waals surface area (Å²) in [5, 5.41) is 6.83. The quantitative estimate of drug-likeness (QED) is 0.898. The second-order valence-electron chi connectivity index (χ2n) is 3.94. The molecule has 86 valence electrons. The van der Waals surface area contributed by atoms with Crippen LogP contribution in [0.3, 0.4) is 0 Å². The molecule has 0 spiro atoms. The van der Waals surface area contributed by atoms with Crippen molar-refractivity contribution >= 4 is 22.7 Å². The van der Waals surface area contributed by atoms with E-state index in [2.05, 4.69) is 42.5 Å².